The summed E-state index contributed by atoms with van der Waals surface area (Å²) >= 11 is 0. The molecule has 0 unspecified atom stereocenters. The molecule has 1 aliphatic heterocycles. The molecule has 2 atom stereocenters. The predicted octanol–water partition coefficient (Wildman–Crippen LogP) is 2.32. The number of hydrogen-bond donors (Lipinski definition) is 1. The fourth-order valence-corrected chi connectivity index (χ4v) is 3.16. The van der Waals surface area contributed by atoms with Gasteiger partial charge in [-0.1, -0.05) is 11.2 Å². The van der Waals surface area contributed by atoms with Gasteiger partial charge in [0, 0.05) is 25.9 Å². The first-order valence-electron chi connectivity index (χ1n) is 8.96. The summed E-state index contributed by atoms with van der Waals surface area (Å²) in [6.07, 6.45) is 5.13. The van der Waals surface area contributed by atoms with Gasteiger partial charge in [0.15, 0.2) is 5.82 Å². The zero-order valence-electron chi connectivity index (χ0n) is 15.0. The fourth-order valence-electron chi connectivity index (χ4n) is 3.16. The van der Waals surface area contributed by atoms with Crippen molar-refractivity contribution < 1.29 is 9.26 Å². The van der Waals surface area contributed by atoms with Crippen molar-refractivity contribution in [3.05, 3.63) is 41.8 Å². The van der Waals surface area contributed by atoms with E-state index >= 15 is 0 Å². The van der Waals surface area contributed by atoms with Crippen molar-refractivity contribution in [2.75, 3.05) is 20.2 Å². The van der Waals surface area contributed by atoms with Crippen LogP contribution in [-0.4, -0.2) is 46.3 Å². The maximum atomic E-state index is 5.46. The Hall–Kier alpha value is -1.83. The average Bonchev–Trinajstić information content (AvgIpc) is 2.94. The minimum atomic E-state index is -0.163. The molecule has 1 saturated heterocycles. The van der Waals surface area contributed by atoms with Crippen LogP contribution in [0, 0.1) is 0 Å². The van der Waals surface area contributed by atoms with Gasteiger partial charge in [-0.05, 0) is 51.4 Å². The molecule has 3 rings (SSSR count). The maximum absolute atomic E-state index is 5.46. The third kappa shape index (κ3) is 5.07. The van der Waals surface area contributed by atoms with Crippen LogP contribution >= 0.6 is 0 Å². The van der Waals surface area contributed by atoms with Gasteiger partial charge in [-0.3, -0.25) is 9.88 Å². The van der Waals surface area contributed by atoms with Gasteiger partial charge in [-0.25, -0.2) is 0 Å². The summed E-state index contributed by atoms with van der Waals surface area (Å²) in [6, 6.07) is 6.51. The monoisotopic (exact) mass is 345 g/mol. The molecule has 25 heavy (non-hydrogen) atoms. The summed E-state index contributed by atoms with van der Waals surface area (Å²) < 4.78 is 10.7. The molecular weight excluding hydrogens is 318 g/mol. The largest absolute Gasteiger partial charge is 0.374 e. The summed E-state index contributed by atoms with van der Waals surface area (Å²) in [5.41, 5.74) is 1.06. The highest BCUT2D eigenvalue weighted by Crippen LogP contribution is 2.20. The van der Waals surface area contributed by atoms with E-state index in [0.717, 1.165) is 38.2 Å². The number of hydrogen-bond acceptors (Lipinski definition) is 7. The highest BCUT2D eigenvalue weighted by molar-refractivity contribution is 5.04. The second kappa shape index (κ2) is 9.03. The lowest BCUT2D eigenvalue weighted by Crippen LogP contribution is -2.35. The van der Waals surface area contributed by atoms with Gasteiger partial charge >= 0.3 is 0 Å². The highest BCUT2D eigenvalue weighted by Gasteiger charge is 2.23. The van der Waals surface area contributed by atoms with Crippen molar-refractivity contribution in [1.82, 2.24) is 25.3 Å². The number of nitrogens with one attached hydrogen (secondary N) is 1. The van der Waals surface area contributed by atoms with E-state index in [1.807, 2.05) is 25.3 Å². The van der Waals surface area contributed by atoms with Gasteiger partial charge in [0.1, 0.15) is 6.10 Å². The van der Waals surface area contributed by atoms with Crippen LogP contribution in [-0.2, 0) is 17.8 Å². The van der Waals surface area contributed by atoms with Gasteiger partial charge in [0.05, 0.1) is 12.2 Å². The maximum Gasteiger partial charge on any atom is 0.240 e. The van der Waals surface area contributed by atoms with Gasteiger partial charge < -0.3 is 14.6 Å². The van der Waals surface area contributed by atoms with Crippen LogP contribution in [0.1, 0.15) is 49.7 Å². The molecule has 3 heterocycles. The van der Waals surface area contributed by atoms with Crippen molar-refractivity contribution in [2.24, 2.45) is 0 Å². The molecule has 0 bridgehead atoms. The van der Waals surface area contributed by atoms with Crippen LogP contribution in [0.3, 0.4) is 0 Å². The molecule has 136 valence electrons. The zero-order valence-corrected chi connectivity index (χ0v) is 15.0. The smallest absolute Gasteiger partial charge is 0.240 e. The quantitative estimate of drug-likeness (QED) is 0.825. The van der Waals surface area contributed by atoms with E-state index in [-0.39, 0.29) is 6.10 Å². The average molecular weight is 345 g/mol. The predicted molar refractivity (Wildman–Crippen MR) is 93.7 cm³/mol. The Labute approximate surface area is 148 Å². The SMILES string of the molecule is CO[C@H](C)c1noc(CN(Cc2ccccn2)[C@@H]2CCCNCC2)n1. The molecule has 0 spiro atoms. The third-order valence-electron chi connectivity index (χ3n) is 4.69. The highest BCUT2D eigenvalue weighted by atomic mass is 16.5. The number of methoxy groups -OCH3 is 1. The number of rotatable bonds is 7. The van der Waals surface area contributed by atoms with Gasteiger partial charge in [0.25, 0.3) is 0 Å². The van der Waals surface area contributed by atoms with E-state index in [4.69, 9.17) is 9.26 Å². The van der Waals surface area contributed by atoms with Crippen molar-refractivity contribution in [3.63, 3.8) is 0 Å². The van der Waals surface area contributed by atoms with Crippen LogP contribution in [0.4, 0.5) is 0 Å². The van der Waals surface area contributed by atoms with Crippen LogP contribution in [0.25, 0.3) is 0 Å². The standard InChI is InChI=1S/C18H27N5O2/c1-14(24-2)18-21-17(25-22-18)13-23(12-15-6-3-4-10-20-15)16-7-5-9-19-11-8-16/h3-4,6,10,14,16,19H,5,7-9,11-13H2,1-2H3/t14-,16-/m1/s1. The molecule has 1 aliphatic rings. The summed E-state index contributed by atoms with van der Waals surface area (Å²) in [5.74, 6) is 1.23. The minimum absolute atomic E-state index is 0.163. The Morgan fingerprint density at radius 2 is 2.24 bits per heavy atom. The lowest BCUT2D eigenvalue weighted by atomic mass is 10.1. The fraction of sp³-hybridized carbons (Fsp3) is 0.611. The third-order valence-corrected chi connectivity index (χ3v) is 4.69. The van der Waals surface area contributed by atoms with Crippen LogP contribution in [0.2, 0.25) is 0 Å². The Morgan fingerprint density at radius 3 is 3.04 bits per heavy atom. The van der Waals surface area contributed by atoms with E-state index in [1.165, 1.54) is 6.42 Å². The molecule has 0 saturated carbocycles. The molecule has 2 aromatic heterocycles. The van der Waals surface area contributed by atoms with E-state index in [0.29, 0.717) is 24.3 Å². The number of nitrogens with zero attached hydrogens (tertiary/aromatic N) is 4. The first-order chi connectivity index (χ1) is 12.3. The molecule has 1 N–H and O–H groups in total. The molecule has 7 heteroatoms. The molecule has 0 radical (unpaired) electrons. The summed E-state index contributed by atoms with van der Waals surface area (Å²) in [7, 11) is 1.65. The molecule has 0 amide bonds. The van der Waals surface area contributed by atoms with Crippen LogP contribution < -0.4 is 5.32 Å². The Kier molecular flexibility index (Phi) is 6.49. The normalized spacial score (nSPS) is 19.7. The summed E-state index contributed by atoms with van der Waals surface area (Å²) in [5, 5.41) is 7.52. The Balaban J connectivity index is 1.74. The van der Waals surface area contributed by atoms with E-state index in [1.54, 1.807) is 7.11 Å². The second-order valence-electron chi connectivity index (χ2n) is 6.49. The lowest BCUT2D eigenvalue weighted by Gasteiger charge is -2.29. The minimum Gasteiger partial charge on any atom is -0.374 e. The van der Waals surface area contributed by atoms with E-state index in [9.17, 15) is 0 Å². The molecule has 0 aromatic carbocycles. The summed E-state index contributed by atoms with van der Waals surface area (Å²) in [4.78, 5) is 11.4. The molecule has 7 nitrogen and oxygen atoms in total. The van der Waals surface area contributed by atoms with Crippen molar-refractivity contribution >= 4 is 0 Å². The number of aromatic nitrogens is 3. The Morgan fingerprint density at radius 1 is 1.32 bits per heavy atom. The molecule has 2 aromatic rings. The number of ether oxygens (including phenoxy) is 1. The Bertz CT molecular complexity index is 625. The summed E-state index contributed by atoms with van der Waals surface area (Å²) in [6.45, 7) is 5.45. The van der Waals surface area contributed by atoms with Crippen LogP contribution in [0.15, 0.2) is 28.9 Å². The first-order valence-corrected chi connectivity index (χ1v) is 8.96. The zero-order chi connectivity index (χ0) is 17.5. The van der Waals surface area contributed by atoms with Crippen molar-refractivity contribution in [1.29, 1.82) is 0 Å². The van der Waals surface area contributed by atoms with Crippen molar-refractivity contribution in [3.8, 4) is 0 Å². The molecule has 0 aliphatic carbocycles. The topological polar surface area (TPSA) is 76.3 Å². The number of pyridine rings is 1. The van der Waals surface area contributed by atoms with Crippen LogP contribution in [0.5, 0.6) is 0 Å². The van der Waals surface area contributed by atoms with Gasteiger partial charge in [-0.15, -0.1) is 0 Å². The molecular formula is C18H27N5O2. The van der Waals surface area contributed by atoms with E-state index in [2.05, 4.69) is 31.4 Å². The van der Waals surface area contributed by atoms with E-state index < -0.39 is 0 Å². The van der Waals surface area contributed by atoms with Gasteiger partial charge in [0.2, 0.25) is 5.89 Å². The first kappa shape index (κ1) is 18.0. The molecule has 1 fully saturated rings. The lowest BCUT2D eigenvalue weighted by molar-refractivity contribution is 0.109. The van der Waals surface area contributed by atoms with Gasteiger partial charge in [-0.2, -0.15) is 4.98 Å². The van der Waals surface area contributed by atoms with Crippen molar-refractivity contribution in [2.45, 2.75) is 51.4 Å². The second-order valence-corrected chi connectivity index (χ2v) is 6.49.